The monoisotopic (exact) mass is 304 g/mol. The van der Waals surface area contributed by atoms with E-state index in [1.54, 1.807) is 0 Å². The molecule has 0 bridgehead atoms. The van der Waals surface area contributed by atoms with Crippen LogP contribution in [0.5, 0.6) is 0 Å². The van der Waals surface area contributed by atoms with Gasteiger partial charge in [0.15, 0.2) is 0 Å². The molecule has 1 N–H and O–H groups in total. The summed E-state index contributed by atoms with van der Waals surface area (Å²) in [5, 5.41) is 10.2. The highest BCUT2D eigenvalue weighted by molar-refractivity contribution is 6.83. The van der Waals surface area contributed by atoms with E-state index in [4.69, 9.17) is 4.74 Å². The normalized spacial score (nSPS) is 14.1. The zero-order chi connectivity index (χ0) is 15.7. The molecular weight excluding hydrogens is 276 g/mol. The minimum absolute atomic E-state index is 0.0667. The van der Waals surface area contributed by atoms with Crippen molar-refractivity contribution < 1.29 is 9.84 Å². The third kappa shape index (κ3) is 8.06. The zero-order valence-electron chi connectivity index (χ0n) is 13.7. The predicted molar refractivity (Wildman–Crippen MR) is 91.6 cm³/mol. The maximum absolute atomic E-state index is 10.2. The molecule has 1 aromatic carbocycles. The largest absolute Gasteiger partial charge is 0.392 e. The van der Waals surface area contributed by atoms with Gasteiger partial charge in [-0.25, -0.2) is 0 Å². The Kier molecular flexibility index (Phi) is 7.74. The molecule has 0 spiro atoms. The van der Waals surface area contributed by atoms with Crippen molar-refractivity contribution >= 4 is 8.07 Å². The molecule has 0 aliphatic heterocycles. The topological polar surface area (TPSA) is 29.5 Å². The van der Waals surface area contributed by atoms with Crippen LogP contribution in [0.25, 0.3) is 0 Å². The highest BCUT2D eigenvalue weighted by Crippen LogP contribution is 2.12. The van der Waals surface area contributed by atoms with Crippen LogP contribution in [0.4, 0.5) is 0 Å². The fraction of sp³-hybridized carbons (Fsp3) is 0.556. The molecule has 2 atom stereocenters. The SMILES string of the molecule is CC[C@H](C#C[Si](C)(C)C)[C@@H](O)CCOCc1ccccc1. The van der Waals surface area contributed by atoms with E-state index in [1.165, 1.54) is 0 Å². The van der Waals surface area contributed by atoms with Crippen LogP contribution in [0.2, 0.25) is 19.6 Å². The number of rotatable bonds is 7. The Hall–Kier alpha value is -1.08. The van der Waals surface area contributed by atoms with E-state index in [0.717, 1.165) is 12.0 Å². The Morgan fingerprint density at radius 3 is 2.43 bits per heavy atom. The fourth-order valence-corrected chi connectivity index (χ4v) is 2.57. The maximum Gasteiger partial charge on any atom is 0.129 e. The Labute approximate surface area is 130 Å². The second kappa shape index (κ2) is 9.04. The summed E-state index contributed by atoms with van der Waals surface area (Å²) >= 11 is 0. The van der Waals surface area contributed by atoms with Gasteiger partial charge >= 0.3 is 0 Å². The van der Waals surface area contributed by atoms with Gasteiger partial charge in [-0.3, -0.25) is 0 Å². The van der Waals surface area contributed by atoms with Crippen LogP contribution in [0.1, 0.15) is 25.3 Å². The van der Waals surface area contributed by atoms with Gasteiger partial charge in [-0.15, -0.1) is 11.5 Å². The first kappa shape index (κ1) is 18.0. The minimum atomic E-state index is -1.37. The molecule has 0 saturated carbocycles. The van der Waals surface area contributed by atoms with Gasteiger partial charge in [-0.2, -0.15) is 0 Å². The molecule has 0 aliphatic carbocycles. The van der Waals surface area contributed by atoms with Crippen LogP contribution in [0.15, 0.2) is 30.3 Å². The van der Waals surface area contributed by atoms with Crippen LogP contribution in [0, 0.1) is 17.4 Å². The van der Waals surface area contributed by atoms with Crippen molar-refractivity contribution in [2.24, 2.45) is 5.92 Å². The molecule has 116 valence electrons. The number of aliphatic hydroxyl groups is 1. The van der Waals surface area contributed by atoms with E-state index < -0.39 is 14.2 Å². The summed E-state index contributed by atoms with van der Waals surface area (Å²) in [6, 6.07) is 10.1. The lowest BCUT2D eigenvalue weighted by molar-refractivity contribution is 0.0567. The lowest BCUT2D eigenvalue weighted by Gasteiger charge is -2.17. The smallest absolute Gasteiger partial charge is 0.129 e. The van der Waals surface area contributed by atoms with Gasteiger partial charge in [-0.1, -0.05) is 56.9 Å². The molecule has 0 unspecified atom stereocenters. The molecule has 21 heavy (non-hydrogen) atoms. The molecule has 0 aromatic heterocycles. The third-order valence-corrected chi connectivity index (χ3v) is 4.10. The van der Waals surface area contributed by atoms with Gasteiger partial charge in [-0.05, 0) is 18.4 Å². The van der Waals surface area contributed by atoms with Crippen LogP contribution in [-0.4, -0.2) is 25.9 Å². The minimum Gasteiger partial charge on any atom is -0.392 e. The van der Waals surface area contributed by atoms with Gasteiger partial charge in [0, 0.05) is 12.5 Å². The summed E-state index contributed by atoms with van der Waals surface area (Å²) in [4.78, 5) is 0. The molecule has 0 radical (unpaired) electrons. The number of aliphatic hydroxyl groups excluding tert-OH is 1. The average molecular weight is 305 g/mol. The van der Waals surface area contributed by atoms with E-state index in [-0.39, 0.29) is 5.92 Å². The Balaban J connectivity index is 2.34. The molecule has 0 saturated heterocycles. The predicted octanol–water partition coefficient (Wildman–Crippen LogP) is 3.86. The first-order valence-electron chi connectivity index (χ1n) is 7.75. The standard InChI is InChI=1S/C18H28O2Si/c1-5-17(12-14-21(2,3)4)18(19)11-13-20-15-16-9-7-6-8-10-16/h6-10,17-19H,5,11,13,15H2,1-4H3/t17-,18+/m1/s1. The molecule has 0 fully saturated rings. The molecule has 0 amide bonds. The second-order valence-corrected chi connectivity index (χ2v) is 11.2. The average Bonchev–Trinajstić information content (AvgIpc) is 2.44. The third-order valence-electron chi connectivity index (χ3n) is 3.21. The van der Waals surface area contributed by atoms with E-state index in [0.29, 0.717) is 19.6 Å². The highest BCUT2D eigenvalue weighted by atomic mass is 28.3. The van der Waals surface area contributed by atoms with Gasteiger partial charge < -0.3 is 9.84 Å². The molecule has 0 heterocycles. The first-order chi connectivity index (χ1) is 9.92. The quantitative estimate of drug-likeness (QED) is 0.471. The zero-order valence-corrected chi connectivity index (χ0v) is 14.7. The van der Waals surface area contributed by atoms with Crippen molar-refractivity contribution in [3.8, 4) is 11.5 Å². The lowest BCUT2D eigenvalue weighted by atomic mass is 9.98. The number of benzene rings is 1. The van der Waals surface area contributed by atoms with E-state index in [9.17, 15) is 5.11 Å². The summed E-state index contributed by atoms with van der Waals surface area (Å²) < 4.78 is 5.63. The summed E-state index contributed by atoms with van der Waals surface area (Å²) in [7, 11) is -1.37. The fourth-order valence-electron chi connectivity index (χ4n) is 1.95. The maximum atomic E-state index is 10.2. The molecule has 0 aliphatic rings. The number of hydrogen-bond donors (Lipinski definition) is 1. The van der Waals surface area contributed by atoms with Crippen LogP contribution >= 0.6 is 0 Å². The van der Waals surface area contributed by atoms with Crippen molar-refractivity contribution in [2.75, 3.05) is 6.61 Å². The van der Waals surface area contributed by atoms with Crippen molar-refractivity contribution in [3.63, 3.8) is 0 Å². The van der Waals surface area contributed by atoms with Crippen molar-refractivity contribution in [1.82, 2.24) is 0 Å². The first-order valence-corrected chi connectivity index (χ1v) is 11.2. The van der Waals surface area contributed by atoms with Crippen LogP contribution in [0.3, 0.4) is 0 Å². The summed E-state index contributed by atoms with van der Waals surface area (Å²) in [6.07, 6.45) is 1.14. The van der Waals surface area contributed by atoms with Crippen molar-refractivity contribution in [2.45, 2.75) is 52.1 Å². The van der Waals surface area contributed by atoms with Crippen molar-refractivity contribution in [3.05, 3.63) is 35.9 Å². The summed E-state index contributed by atoms with van der Waals surface area (Å²) in [5.74, 6) is 3.34. The van der Waals surface area contributed by atoms with Gasteiger partial charge in [0.25, 0.3) is 0 Å². The summed E-state index contributed by atoms with van der Waals surface area (Å²) in [6.45, 7) is 9.93. The van der Waals surface area contributed by atoms with Crippen LogP contribution < -0.4 is 0 Å². The molecule has 3 heteroatoms. The number of ether oxygens (including phenoxy) is 1. The molecule has 2 nitrogen and oxygen atoms in total. The van der Waals surface area contributed by atoms with E-state index in [1.807, 2.05) is 30.3 Å². The van der Waals surface area contributed by atoms with Gasteiger partial charge in [0.1, 0.15) is 8.07 Å². The van der Waals surface area contributed by atoms with Crippen LogP contribution in [-0.2, 0) is 11.3 Å². The van der Waals surface area contributed by atoms with Gasteiger partial charge in [0.2, 0.25) is 0 Å². The van der Waals surface area contributed by atoms with E-state index >= 15 is 0 Å². The Morgan fingerprint density at radius 2 is 1.86 bits per heavy atom. The van der Waals surface area contributed by atoms with Gasteiger partial charge in [0.05, 0.1) is 12.7 Å². The lowest BCUT2D eigenvalue weighted by Crippen LogP contribution is -2.23. The van der Waals surface area contributed by atoms with Crippen molar-refractivity contribution in [1.29, 1.82) is 0 Å². The molecular formula is C18H28O2Si. The highest BCUT2D eigenvalue weighted by Gasteiger charge is 2.16. The second-order valence-electron chi connectivity index (χ2n) is 6.43. The summed E-state index contributed by atoms with van der Waals surface area (Å²) in [5.41, 5.74) is 4.52. The Bertz CT molecular complexity index is 454. The molecule has 1 aromatic rings. The van der Waals surface area contributed by atoms with E-state index in [2.05, 4.69) is 38.0 Å². The molecule has 1 rings (SSSR count). The Morgan fingerprint density at radius 1 is 1.19 bits per heavy atom. The number of hydrogen-bond acceptors (Lipinski definition) is 2.